The smallest absolute Gasteiger partial charge is 0.315 e. The van der Waals surface area contributed by atoms with Crippen LogP contribution >= 0.6 is 11.6 Å². The van der Waals surface area contributed by atoms with Gasteiger partial charge in [0.05, 0.1) is 0 Å². The molecule has 0 aromatic heterocycles. The summed E-state index contributed by atoms with van der Waals surface area (Å²) in [5.74, 6) is 0. The molecule has 0 fully saturated rings. The molecule has 0 aliphatic rings. The highest BCUT2D eigenvalue weighted by Gasteiger charge is 2.14. The minimum Gasteiger partial charge on any atom is -0.375 e. The van der Waals surface area contributed by atoms with Crippen LogP contribution < -0.4 is 10.6 Å². The molecule has 0 aliphatic carbocycles. The van der Waals surface area contributed by atoms with Crippen molar-refractivity contribution in [1.29, 1.82) is 0 Å². The van der Waals surface area contributed by atoms with Crippen molar-refractivity contribution in [2.75, 3.05) is 13.7 Å². The molecular formula is C13H19ClN2O2. The Hall–Kier alpha value is -1.26. The Bertz CT molecular complexity index is 396. The number of urea groups is 1. The topological polar surface area (TPSA) is 50.4 Å². The van der Waals surface area contributed by atoms with E-state index in [1.54, 1.807) is 13.2 Å². The van der Waals surface area contributed by atoms with Crippen LogP contribution in [0.4, 0.5) is 4.79 Å². The lowest BCUT2D eigenvalue weighted by Crippen LogP contribution is -2.41. The van der Waals surface area contributed by atoms with E-state index in [9.17, 15) is 4.79 Å². The highest BCUT2D eigenvalue weighted by molar-refractivity contribution is 6.31. The standard InChI is InChI=1S/C13H19ClN2O2/c1-9(2)16-13(17)15-8-12(18-3)10-6-4-5-7-11(10)14/h4-7,9,12H,8H2,1-3H3,(H2,15,16,17)/t12-/m0/s1. The maximum absolute atomic E-state index is 11.5. The lowest BCUT2D eigenvalue weighted by molar-refractivity contribution is 0.104. The van der Waals surface area contributed by atoms with Gasteiger partial charge in [-0.1, -0.05) is 29.8 Å². The number of nitrogens with one attached hydrogen (secondary N) is 2. The van der Waals surface area contributed by atoms with E-state index in [-0.39, 0.29) is 18.2 Å². The second-order valence-electron chi connectivity index (χ2n) is 4.25. The number of amides is 2. The van der Waals surface area contributed by atoms with Crippen LogP contribution in [-0.4, -0.2) is 25.7 Å². The Morgan fingerprint density at radius 3 is 2.61 bits per heavy atom. The first-order valence-corrected chi connectivity index (χ1v) is 6.24. The van der Waals surface area contributed by atoms with Gasteiger partial charge in [-0.25, -0.2) is 4.79 Å². The third-order valence-electron chi connectivity index (χ3n) is 2.40. The number of halogens is 1. The average Bonchev–Trinajstić information content (AvgIpc) is 2.31. The van der Waals surface area contributed by atoms with Crippen molar-refractivity contribution >= 4 is 17.6 Å². The molecule has 0 bridgehead atoms. The van der Waals surface area contributed by atoms with E-state index in [1.807, 2.05) is 32.0 Å². The van der Waals surface area contributed by atoms with Crippen LogP contribution in [0.2, 0.25) is 5.02 Å². The van der Waals surface area contributed by atoms with Crippen molar-refractivity contribution < 1.29 is 9.53 Å². The zero-order valence-electron chi connectivity index (χ0n) is 10.9. The summed E-state index contributed by atoms with van der Waals surface area (Å²) >= 11 is 6.09. The number of hydrogen-bond donors (Lipinski definition) is 2. The predicted octanol–water partition coefficient (Wildman–Crippen LogP) is 2.74. The summed E-state index contributed by atoms with van der Waals surface area (Å²) in [4.78, 5) is 11.5. The highest BCUT2D eigenvalue weighted by Crippen LogP contribution is 2.24. The fourth-order valence-corrected chi connectivity index (χ4v) is 1.81. The van der Waals surface area contributed by atoms with E-state index in [4.69, 9.17) is 16.3 Å². The molecule has 2 amide bonds. The second-order valence-corrected chi connectivity index (χ2v) is 4.66. The molecule has 1 aromatic carbocycles. The number of rotatable bonds is 5. The summed E-state index contributed by atoms with van der Waals surface area (Å²) in [7, 11) is 1.59. The molecule has 5 heteroatoms. The Morgan fingerprint density at radius 1 is 1.39 bits per heavy atom. The van der Waals surface area contributed by atoms with Gasteiger partial charge in [0.1, 0.15) is 6.10 Å². The van der Waals surface area contributed by atoms with Crippen molar-refractivity contribution in [3.63, 3.8) is 0 Å². The zero-order valence-corrected chi connectivity index (χ0v) is 11.6. The molecule has 2 N–H and O–H groups in total. The van der Waals surface area contributed by atoms with Gasteiger partial charge in [-0.15, -0.1) is 0 Å². The number of ether oxygens (including phenoxy) is 1. The van der Waals surface area contributed by atoms with Crippen LogP contribution in [0.25, 0.3) is 0 Å². The molecule has 0 heterocycles. The van der Waals surface area contributed by atoms with Gasteiger partial charge in [0, 0.05) is 30.3 Å². The average molecular weight is 271 g/mol. The van der Waals surface area contributed by atoms with Gasteiger partial charge in [-0.05, 0) is 19.9 Å². The van der Waals surface area contributed by atoms with Crippen LogP contribution in [0, 0.1) is 0 Å². The first kappa shape index (κ1) is 14.8. The quantitative estimate of drug-likeness (QED) is 0.864. The van der Waals surface area contributed by atoms with Crippen LogP contribution in [-0.2, 0) is 4.74 Å². The first-order chi connectivity index (χ1) is 8.54. The Balaban J connectivity index is 2.58. The lowest BCUT2D eigenvalue weighted by atomic mass is 10.1. The molecule has 4 nitrogen and oxygen atoms in total. The molecule has 1 atom stereocenters. The van der Waals surface area contributed by atoms with Gasteiger partial charge in [0.15, 0.2) is 0 Å². The summed E-state index contributed by atoms with van der Waals surface area (Å²) < 4.78 is 5.35. The molecule has 0 radical (unpaired) electrons. The van der Waals surface area contributed by atoms with E-state index >= 15 is 0 Å². The maximum atomic E-state index is 11.5. The Kier molecular flexibility index (Phi) is 5.95. The fourth-order valence-electron chi connectivity index (χ4n) is 1.56. The molecule has 0 saturated carbocycles. The number of carbonyl (C=O) groups excluding carboxylic acids is 1. The molecule has 0 saturated heterocycles. The highest BCUT2D eigenvalue weighted by atomic mass is 35.5. The van der Waals surface area contributed by atoms with Crippen molar-refractivity contribution in [3.05, 3.63) is 34.9 Å². The lowest BCUT2D eigenvalue weighted by Gasteiger charge is -2.18. The summed E-state index contributed by atoms with van der Waals surface area (Å²) in [6.07, 6.45) is -0.253. The van der Waals surface area contributed by atoms with Gasteiger partial charge in [-0.2, -0.15) is 0 Å². The third kappa shape index (κ3) is 4.55. The van der Waals surface area contributed by atoms with Crippen LogP contribution in [0.1, 0.15) is 25.5 Å². The molecular weight excluding hydrogens is 252 g/mol. The van der Waals surface area contributed by atoms with Crippen LogP contribution in [0.15, 0.2) is 24.3 Å². The second kappa shape index (κ2) is 7.24. The van der Waals surface area contributed by atoms with E-state index in [0.29, 0.717) is 11.6 Å². The Morgan fingerprint density at radius 2 is 2.06 bits per heavy atom. The molecule has 0 unspecified atom stereocenters. The van der Waals surface area contributed by atoms with Gasteiger partial charge >= 0.3 is 6.03 Å². The minimum atomic E-state index is -0.253. The monoisotopic (exact) mass is 270 g/mol. The van der Waals surface area contributed by atoms with Gasteiger partial charge < -0.3 is 15.4 Å². The molecule has 18 heavy (non-hydrogen) atoms. The van der Waals surface area contributed by atoms with Crippen LogP contribution in [0.3, 0.4) is 0 Å². The normalized spacial score (nSPS) is 12.3. The summed E-state index contributed by atoms with van der Waals surface area (Å²) in [5.41, 5.74) is 0.867. The first-order valence-electron chi connectivity index (χ1n) is 5.86. The van der Waals surface area contributed by atoms with Crippen molar-refractivity contribution in [1.82, 2.24) is 10.6 Å². The predicted molar refractivity (Wildman–Crippen MR) is 72.9 cm³/mol. The van der Waals surface area contributed by atoms with Crippen LogP contribution in [0.5, 0.6) is 0 Å². The number of carbonyl (C=O) groups is 1. The zero-order chi connectivity index (χ0) is 13.5. The molecule has 1 aromatic rings. The van der Waals surface area contributed by atoms with Gasteiger partial charge in [0.2, 0.25) is 0 Å². The third-order valence-corrected chi connectivity index (χ3v) is 2.75. The fraction of sp³-hybridized carbons (Fsp3) is 0.462. The van der Waals surface area contributed by atoms with Crippen molar-refractivity contribution in [3.8, 4) is 0 Å². The van der Waals surface area contributed by atoms with E-state index in [2.05, 4.69) is 10.6 Å². The van der Waals surface area contributed by atoms with E-state index < -0.39 is 0 Å². The summed E-state index contributed by atoms with van der Waals surface area (Å²) in [6, 6.07) is 7.33. The molecule has 0 spiro atoms. The number of hydrogen-bond acceptors (Lipinski definition) is 2. The largest absolute Gasteiger partial charge is 0.375 e. The van der Waals surface area contributed by atoms with Gasteiger partial charge in [-0.3, -0.25) is 0 Å². The number of methoxy groups -OCH3 is 1. The molecule has 100 valence electrons. The summed E-state index contributed by atoms with van der Waals surface area (Å²) in [6.45, 7) is 4.18. The molecule has 1 rings (SSSR count). The minimum absolute atomic E-state index is 0.103. The Labute approximate surface area is 113 Å². The molecule has 0 aliphatic heterocycles. The SMILES string of the molecule is CO[C@@H](CNC(=O)NC(C)C)c1ccccc1Cl. The number of benzene rings is 1. The van der Waals surface area contributed by atoms with Gasteiger partial charge in [0.25, 0.3) is 0 Å². The van der Waals surface area contributed by atoms with Crippen molar-refractivity contribution in [2.45, 2.75) is 26.0 Å². The van der Waals surface area contributed by atoms with Crippen molar-refractivity contribution in [2.24, 2.45) is 0 Å². The summed E-state index contributed by atoms with van der Waals surface area (Å²) in [5, 5.41) is 6.14. The van der Waals surface area contributed by atoms with E-state index in [0.717, 1.165) is 5.56 Å². The maximum Gasteiger partial charge on any atom is 0.315 e. The van der Waals surface area contributed by atoms with E-state index in [1.165, 1.54) is 0 Å².